The van der Waals surface area contributed by atoms with Crippen LogP contribution in [-0.4, -0.2) is 23.6 Å². The third kappa shape index (κ3) is 2.24. The summed E-state index contributed by atoms with van der Waals surface area (Å²) in [7, 11) is 2.04. The highest BCUT2D eigenvalue weighted by atomic mass is 16.2. The molecule has 0 saturated carbocycles. The number of aryl methyl sites for hydroxylation is 1. The van der Waals surface area contributed by atoms with E-state index in [1.54, 1.807) is 0 Å². The van der Waals surface area contributed by atoms with Crippen molar-refractivity contribution in [3.63, 3.8) is 0 Å². The van der Waals surface area contributed by atoms with E-state index < -0.39 is 0 Å². The summed E-state index contributed by atoms with van der Waals surface area (Å²) in [5.41, 5.74) is 5.29. The Hall–Kier alpha value is -2.75. The van der Waals surface area contributed by atoms with Crippen LogP contribution in [0.5, 0.6) is 0 Å². The van der Waals surface area contributed by atoms with Crippen LogP contribution in [0.3, 0.4) is 0 Å². The largest absolute Gasteiger partial charge is 0.372 e. The van der Waals surface area contributed by atoms with Crippen LogP contribution in [0.2, 0.25) is 0 Å². The summed E-state index contributed by atoms with van der Waals surface area (Å²) < 4.78 is 2.10. The van der Waals surface area contributed by atoms with Crippen molar-refractivity contribution < 1.29 is 4.79 Å². The first-order valence-corrected chi connectivity index (χ1v) is 8.95. The Morgan fingerprint density at radius 2 is 1.72 bits per heavy atom. The van der Waals surface area contributed by atoms with E-state index in [1.165, 1.54) is 23.9 Å². The number of hydrogen-bond acceptors (Lipinski definition) is 2. The monoisotopic (exact) mass is 331 g/mol. The molecule has 2 aliphatic rings. The van der Waals surface area contributed by atoms with Gasteiger partial charge in [0.15, 0.2) is 0 Å². The Labute approximate surface area is 147 Å². The molecule has 1 fully saturated rings. The normalized spacial score (nSPS) is 16.9. The van der Waals surface area contributed by atoms with Crippen LogP contribution < -0.4 is 9.80 Å². The van der Waals surface area contributed by atoms with Gasteiger partial charge in [0, 0.05) is 48.8 Å². The van der Waals surface area contributed by atoms with E-state index in [1.807, 2.05) is 18.0 Å². The Morgan fingerprint density at radius 3 is 2.56 bits per heavy atom. The van der Waals surface area contributed by atoms with Gasteiger partial charge in [0.05, 0.1) is 6.54 Å². The molecule has 3 aromatic rings. The van der Waals surface area contributed by atoms with Crippen LogP contribution in [0.25, 0.3) is 10.9 Å². The second kappa shape index (κ2) is 5.38. The minimum atomic E-state index is 0.115. The van der Waals surface area contributed by atoms with E-state index in [0.29, 0.717) is 6.54 Å². The van der Waals surface area contributed by atoms with Gasteiger partial charge in [-0.25, -0.2) is 0 Å². The number of benzene rings is 2. The SMILES string of the molecule is Cn1ccc2ccc(N3Cc4ccc(N5CCCC5)cc4C3=O)cc21. The number of fused-ring (bicyclic) bond motifs is 2. The van der Waals surface area contributed by atoms with Gasteiger partial charge in [-0.3, -0.25) is 4.79 Å². The molecule has 0 aliphatic carbocycles. The Morgan fingerprint density at radius 1 is 0.920 bits per heavy atom. The van der Waals surface area contributed by atoms with Crippen LogP contribution in [0.15, 0.2) is 48.7 Å². The van der Waals surface area contributed by atoms with Crippen molar-refractivity contribution in [3.8, 4) is 0 Å². The lowest BCUT2D eigenvalue weighted by molar-refractivity contribution is 0.0996. The third-order valence-electron chi connectivity index (χ3n) is 5.55. The van der Waals surface area contributed by atoms with Crippen molar-refractivity contribution in [2.24, 2.45) is 7.05 Å². The number of amides is 1. The molecule has 1 amide bonds. The summed E-state index contributed by atoms with van der Waals surface area (Å²) in [6, 6.07) is 14.7. The summed E-state index contributed by atoms with van der Waals surface area (Å²) in [5, 5.41) is 1.20. The predicted molar refractivity (Wildman–Crippen MR) is 101 cm³/mol. The van der Waals surface area contributed by atoms with E-state index in [9.17, 15) is 4.79 Å². The molecule has 3 heterocycles. The molecule has 126 valence electrons. The molecule has 2 aliphatic heterocycles. The molecule has 0 unspecified atom stereocenters. The molecule has 4 nitrogen and oxygen atoms in total. The Kier molecular flexibility index (Phi) is 3.14. The van der Waals surface area contributed by atoms with Crippen molar-refractivity contribution in [1.82, 2.24) is 4.57 Å². The van der Waals surface area contributed by atoms with Gasteiger partial charge in [-0.1, -0.05) is 12.1 Å². The summed E-state index contributed by atoms with van der Waals surface area (Å²) in [6.07, 6.45) is 4.54. The second-order valence-electron chi connectivity index (χ2n) is 7.10. The molecular formula is C21H21N3O. The van der Waals surface area contributed by atoms with Crippen molar-refractivity contribution in [3.05, 3.63) is 59.8 Å². The molecule has 0 bridgehead atoms. The van der Waals surface area contributed by atoms with E-state index in [0.717, 1.165) is 35.4 Å². The van der Waals surface area contributed by atoms with Crippen LogP contribution >= 0.6 is 0 Å². The first-order valence-electron chi connectivity index (χ1n) is 8.95. The maximum atomic E-state index is 13.0. The molecule has 1 saturated heterocycles. The number of rotatable bonds is 2. The molecule has 5 rings (SSSR count). The fourth-order valence-electron chi connectivity index (χ4n) is 4.09. The summed E-state index contributed by atoms with van der Waals surface area (Å²) >= 11 is 0. The molecule has 2 aromatic carbocycles. The summed E-state index contributed by atoms with van der Waals surface area (Å²) in [6.45, 7) is 2.85. The molecule has 0 atom stereocenters. The van der Waals surface area contributed by atoms with E-state index in [-0.39, 0.29) is 5.91 Å². The van der Waals surface area contributed by atoms with Crippen molar-refractivity contribution >= 4 is 28.2 Å². The molecule has 1 aromatic heterocycles. The quantitative estimate of drug-likeness (QED) is 0.711. The highest BCUT2D eigenvalue weighted by molar-refractivity contribution is 6.11. The number of anilines is 2. The predicted octanol–water partition coefficient (Wildman–Crippen LogP) is 3.94. The second-order valence-corrected chi connectivity index (χ2v) is 7.10. The first kappa shape index (κ1) is 14.6. The lowest BCUT2D eigenvalue weighted by atomic mass is 10.1. The lowest BCUT2D eigenvalue weighted by Crippen LogP contribution is -2.23. The Bertz CT molecular complexity index is 982. The number of carbonyl (C=O) groups is 1. The molecule has 25 heavy (non-hydrogen) atoms. The van der Waals surface area contributed by atoms with Gasteiger partial charge in [-0.2, -0.15) is 0 Å². The van der Waals surface area contributed by atoms with Crippen LogP contribution in [0.4, 0.5) is 11.4 Å². The fraction of sp³-hybridized carbons (Fsp3) is 0.286. The van der Waals surface area contributed by atoms with Crippen LogP contribution in [0.1, 0.15) is 28.8 Å². The minimum Gasteiger partial charge on any atom is -0.372 e. The van der Waals surface area contributed by atoms with Gasteiger partial charge in [0.2, 0.25) is 0 Å². The zero-order valence-corrected chi connectivity index (χ0v) is 14.4. The molecule has 0 radical (unpaired) electrons. The van der Waals surface area contributed by atoms with Crippen LogP contribution in [0, 0.1) is 0 Å². The molecular weight excluding hydrogens is 310 g/mol. The topological polar surface area (TPSA) is 28.5 Å². The summed E-state index contributed by atoms with van der Waals surface area (Å²) in [5.74, 6) is 0.115. The lowest BCUT2D eigenvalue weighted by Gasteiger charge is -2.18. The molecule has 0 N–H and O–H groups in total. The van der Waals surface area contributed by atoms with Gasteiger partial charge >= 0.3 is 0 Å². The van der Waals surface area contributed by atoms with E-state index >= 15 is 0 Å². The number of hydrogen-bond donors (Lipinski definition) is 0. The van der Waals surface area contributed by atoms with Crippen LogP contribution in [-0.2, 0) is 13.6 Å². The van der Waals surface area contributed by atoms with Gasteiger partial charge in [0.1, 0.15) is 0 Å². The summed E-state index contributed by atoms with van der Waals surface area (Å²) in [4.78, 5) is 17.3. The fourth-order valence-corrected chi connectivity index (χ4v) is 4.09. The minimum absolute atomic E-state index is 0.115. The van der Waals surface area contributed by atoms with Gasteiger partial charge < -0.3 is 14.4 Å². The van der Waals surface area contributed by atoms with Crippen molar-refractivity contribution in [2.45, 2.75) is 19.4 Å². The zero-order chi connectivity index (χ0) is 17.0. The average Bonchev–Trinajstić information content (AvgIpc) is 3.35. The highest BCUT2D eigenvalue weighted by Crippen LogP contribution is 2.33. The molecule has 0 spiro atoms. The van der Waals surface area contributed by atoms with Gasteiger partial charge in [-0.15, -0.1) is 0 Å². The number of nitrogens with zero attached hydrogens (tertiary/aromatic N) is 3. The number of carbonyl (C=O) groups excluding carboxylic acids is 1. The van der Waals surface area contributed by atoms with Gasteiger partial charge in [0.25, 0.3) is 5.91 Å². The molecule has 4 heteroatoms. The highest BCUT2D eigenvalue weighted by Gasteiger charge is 2.29. The Balaban J connectivity index is 1.51. The van der Waals surface area contributed by atoms with E-state index in [4.69, 9.17) is 0 Å². The zero-order valence-electron chi connectivity index (χ0n) is 14.4. The van der Waals surface area contributed by atoms with Gasteiger partial charge in [-0.05, 0) is 54.1 Å². The maximum Gasteiger partial charge on any atom is 0.259 e. The first-order chi connectivity index (χ1) is 12.2. The van der Waals surface area contributed by atoms with Crippen molar-refractivity contribution in [2.75, 3.05) is 22.9 Å². The average molecular weight is 331 g/mol. The number of aromatic nitrogens is 1. The third-order valence-corrected chi connectivity index (χ3v) is 5.55. The van der Waals surface area contributed by atoms with E-state index in [2.05, 4.69) is 52.1 Å². The van der Waals surface area contributed by atoms with Crippen molar-refractivity contribution in [1.29, 1.82) is 0 Å². The smallest absolute Gasteiger partial charge is 0.259 e. The standard InChI is InChI=1S/C21H21N3O/c1-22-11-8-15-4-7-18(13-20(15)22)24-14-16-5-6-17(12-19(16)21(24)25)23-9-2-3-10-23/h4-8,11-13H,2-3,9-10,14H2,1H3. The maximum absolute atomic E-state index is 13.0.